The molecule has 34 heavy (non-hydrogen) atoms. The molecule has 1 saturated heterocycles. The molecule has 1 fully saturated rings. The standard InChI is InChI=1S/C22H24FN9O2/c1-12-18(34-17-10-25-9-15(17)23)11-32(29-12)19-6-7-26-22(28-19)27-13-4-5-16-14(8-13)20(21(33)24-2)30-31(16)3/h4-8,11,15,17,25H,9-10H2,1-3H3,(H,24,33)(H,26,27,28)/t15-,17+/m1/s1. The van der Waals surface area contributed by atoms with Crippen LogP contribution in [0.4, 0.5) is 16.0 Å². The van der Waals surface area contributed by atoms with Crippen LogP contribution in [0.3, 0.4) is 0 Å². The van der Waals surface area contributed by atoms with Gasteiger partial charge < -0.3 is 20.7 Å². The highest BCUT2D eigenvalue weighted by atomic mass is 19.1. The minimum absolute atomic E-state index is 0.263. The van der Waals surface area contributed by atoms with Crippen LogP contribution in [0.15, 0.2) is 36.7 Å². The summed E-state index contributed by atoms with van der Waals surface area (Å²) in [4.78, 5) is 21.0. The average Bonchev–Trinajstić information content (AvgIpc) is 3.51. The molecule has 3 N–H and O–H groups in total. The molecule has 0 bridgehead atoms. The van der Waals surface area contributed by atoms with Crippen LogP contribution < -0.4 is 20.7 Å². The summed E-state index contributed by atoms with van der Waals surface area (Å²) in [6, 6.07) is 7.28. The summed E-state index contributed by atoms with van der Waals surface area (Å²) in [5, 5.41) is 18.2. The van der Waals surface area contributed by atoms with Gasteiger partial charge in [-0.1, -0.05) is 0 Å². The normalized spacial score (nSPS) is 17.8. The fourth-order valence-electron chi connectivity index (χ4n) is 3.87. The number of amides is 1. The van der Waals surface area contributed by atoms with E-state index in [1.54, 1.807) is 48.8 Å². The number of alkyl halides is 1. The van der Waals surface area contributed by atoms with Gasteiger partial charge in [-0.3, -0.25) is 9.48 Å². The Morgan fingerprint density at radius 3 is 2.88 bits per heavy atom. The number of rotatable bonds is 6. The molecular weight excluding hydrogens is 441 g/mol. The van der Waals surface area contributed by atoms with Crippen molar-refractivity contribution in [1.82, 2.24) is 40.2 Å². The van der Waals surface area contributed by atoms with Gasteiger partial charge in [-0.15, -0.1) is 0 Å². The van der Waals surface area contributed by atoms with Crippen LogP contribution in [-0.2, 0) is 7.05 Å². The molecule has 176 valence electrons. The molecule has 0 saturated carbocycles. The molecule has 5 rings (SSSR count). The van der Waals surface area contributed by atoms with Gasteiger partial charge >= 0.3 is 0 Å². The summed E-state index contributed by atoms with van der Waals surface area (Å²) in [6.07, 6.45) is 1.70. The summed E-state index contributed by atoms with van der Waals surface area (Å²) in [6.45, 7) is 2.54. The fourth-order valence-corrected chi connectivity index (χ4v) is 3.87. The number of benzene rings is 1. The van der Waals surface area contributed by atoms with Gasteiger partial charge in [-0.2, -0.15) is 15.2 Å². The third-order valence-corrected chi connectivity index (χ3v) is 5.64. The Morgan fingerprint density at radius 2 is 2.12 bits per heavy atom. The number of aromatic nitrogens is 6. The van der Waals surface area contributed by atoms with Crippen LogP contribution in [0, 0.1) is 6.92 Å². The number of hydrogen-bond acceptors (Lipinski definition) is 8. The van der Waals surface area contributed by atoms with Gasteiger partial charge in [0.2, 0.25) is 5.95 Å². The molecule has 3 aromatic heterocycles. The predicted molar refractivity (Wildman–Crippen MR) is 123 cm³/mol. The van der Waals surface area contributed by atoms with E-state index in [1.807, 2.05) is 18.2 Å². The van der Waals surface area contributed by atoms with E-state index in [4.69, 9.17) is 4.74 Å². The third kappa shape index (κ3) is 4.03. The Bertz CT molecular complexity index is 1370. The number of halogens is 1. The van der Waals surface area contributed by atoms with Crippen LogP contribution in [0.5, 0.6) is 5.75 Å². The lowest BCUT2D eigenvalue weighted by Gasteiger charge is -2.13. The van der Waals surface area contributed by atoms with E-state index in [0.717, 1.165) is 5.52 Å². The average molecular weight is 465 g/mol. The van der Waals surface area contributed by atoms with Crippen molar-refractivity contribution in [2.75, 3.05) is 25.5 Å². The maximum atomic E-state index is 13.9. The maximum absolute atomic E-state index is 13.9. The molecule has 4 aromatic rings. The highest BCUT2D eigenvalue weighted by molar-refractivity contribution is 6.05. The second-order valence-electron chi connectivity index (χ2n) is 8.00. The molecular formula is C22H24FN9O2. The molecule has 0 aliphatic carbocycles. The first-order chi connectivity index (χ1) is 16.4. The summed E-state index contributed by atoms with van der Waals surface area (Å²) >= 11 is 0. The number of carbonyl (C=O) groups excluding carboxylic acids is 1. The van der Waals surface area contributed by atoms with Crippen LogP contribution in [0.1, 0.15) is 16.2 Å². The van der Waals surface area contributed by atoms with Gasteiger partial charge in [-0.25, -0.2) is 14.1 Å². The number of carbonyl (C=O) groups is 1. The Hall–Kier alpha value is -4.06. The van der Waals surface area contributed by atoms with Crippen LogP contribution in [0.2, 0.25) is 0 Å². The molecule has 4 heterocycles. The highest BCUT2D eigenvalue weighted by Crippen LogP contribution is 2.25. The third-order valence-electron chi connectivity index (χ3n) is 5.64. The van der Waals surface area contributed by atoms with Gasteiger partial charge in [0.25, 0.3) is 5.91 Å². The smallest absolute Gasteiger partial charge is 0.272 e. The minimum atomic E-state index is -1.06. The topological polar surface area (TPSA) is 124 Å². The summed E-state index contributed by atoms with van der Waals surface area (Å²) in [7, 11) is 3.35. The molecule has 11 nitrogen and oxygen atoms in total. The molecule has 1 aromatic carbocycles. The molecule has 1 aliphatic heterocycles. The molecule has 1 aliphatic rings. The first-order valence-electron chi connectivity index (χ1n) is 10.8. The Labute approximate surface area is 194 Å². The highest BCUT2D eigenvalue weighted by Gasteiger charge is 2.29. The molecule has 1 amide bonds. The maximum Gasteiger partial charge on any atom is 0.272 e. The number of fused-ring (bicyclic) bond motifs is 1. The molecule has 12 heteroatoms. The van der Waals surface area contributed by atoms with Gasteiger partial charge in [0.1, 0.15) is 11.8 Å². The van der Waals surface area contributed by atoms with Crippen molar-refractivity contribution in [3.8, 4) is 11.6 Å². The van der Waals surface area contributed by atoms with Crippen molar-refractivity contribution in [1.29, 1.82) is 0 Å². The number of hydrogen-bond donors (Lipinski definition) is 3. The van der Waals surface area contributed by atoms with Crippen molar-refractivity contribution in [3.63, 3.8) is 0 Å². The lowest BCUT2D eigenvalue weighted by atomic mass is 10.2. The number of anilines is 2. The van der Waals surface area contributed by atoms with E-state index in [-0.39, 0.29) is 12.5 Å². The van der Waals surface area contributed by atoms with E-state index >= 15 is 0 Å². The van der Waals surface area contributed by atoms with Crippen molar-refractivity contribution in [3.05, 3.63) is 48.0 Å². The number of nitrogens with one attached hydrogen (secondary N) is 3. The number of ether oxygens (including phenoxy) is 1. The Kier molecular flexibility index (Phi) is 5.57. The van der Waals surface area contributed by atoms with Gasteiger partial charge in [0.05, 0.1) is 11.7 Å². The lowest BCUT2D eigenvalue weighted by Crippen LogP contribution is -2.27. The van der Waals surface area contributed by atoms with E-state index in [9.17, 15) is 9.18 Å². The zero-order chi connectivity index (χ0) is 23.8. The van der Waals surface area contributed by atoms with Crippen LogP contribution in [-0.4, -0.2) is 67.8 Å². The summed E-state index contributed by atoms with van der Waals surface area (Å²) in [5.41, 5.74) is 2.50. The van der Waals surface area contributed by atoms with Crippen molar-refractivity contribution in [2.45, 2.75) is 19.2 Å². The van der Waals surface area contributed by atoms with Crippen LogP contribution >= 0.6 is 0 Å². The van der Waals surface area contributed by atoms with Crippen LogP contribution in [0.25, 0.3) is 16.7 Å². The first kappa shape index (κ1) is 21.8. The number of nitrogens with zero attached hydrogens (tertiary/aromatic N) is 6. The van der Waals surface area contributed by atoms with E-state index < -0.39 is 12.3 Å². The second-order valence-corrected chi connectivity index (χ2v) is 8.00. The predicted octanol–water partition coefficient (Wildman–Crippen LogP) is 1.65. The lowest BCUT2D eigenvalue weighted by molar-refractivity contribution is 0.0959. The number of aryl methyl sites for hydroxylation is 2. The van der Waals surface area contributed by atoms with Crippen molar-refractivity contribution >= 4 is 28.4 Å². The Balaban J connectivity index is 1.39. The zero-order valence-electron chi connectivity index (χ0n) is 18.9. The quantitative estimate of drug-likeness (QED) is 0.393. The summed E-state index contributed by atoms with van der Waals surface area (Å²) in [5.74, 6) is 1.11. The molecule has 2 atom stereocenters. The minimum Gasteiger partial charge on any atom is -0.482 e. The van der Waals surface area contributed by atoms with Gasteiger partial charge in [0, 0.05) is 50.5 Å². The zero-order valence-corrected chi connectivity index (χ0v) is 18.9. The molecule has 0 spiro atoms. The second kappa shape index (κ2) is 8.71. The summed E-state index contributed by atoms with van der Waals surface area (Å²) < 4.78 is 23.0. The first-order valence-corrected chi connectivity index (χ1v) is 10.8. The van der Waals surface area contributed by atoms with E-state index in [2.05, 4.69) is 36.1 Å². The SMILES string of the molecule is CNC(=O)c1nn(C)c2ccc(Nc3nccc(-n4cc(O[C@H]5CNC[C@H]5F)c(C)n4)n3)cc12. The fraction of sp³-hybridized carbons (Fsp3) is 0.318. The molecule has 0 unspecified atom stereocenters. The largest absolute Gasteiger partial charge is 0.482 e. The Morgan fingerprint density at radius 1 is 1.26 bits per heavy atom. The van der Waals surface area contributed by atoms with Crippen molar-refractivity contribution < 1.29 is 13.9 Å². The molecule has 0 radical (unpaired) electrons. The van der Waals surface area contributed by atoms with Gasteiger partial charge in [0.15, 0.2) is 23.4 Å². The van der Waals surface area contributed by atoms with E-state index in [1.165, 1.54) is 0 Å². The van der Waals surface area contributed by atoms with Gasteiger partial charge in [-0.05, 0) is 25.1 Å². The van der Waals surface area contributed by atoms with Crippen molar-refractivity contribution in [2.24, 2.45) is 7.05 Å². The van der Waals surface area contributed by atoms with E-state index in [0.29, 0.717) is 46.5 Å². The monoisotopic (exact) mass is 465 g/mol.